The number of nitrogens with zero attached hydrogens (tertiary/aromatic N) is 6. The summed E-state index contributed by atoms with van der Waals surface area (Å²) in [6.07, 6.45) is 5.41. The third kappa shape index (κ3) is 4.80. The Morgan fingerprint density at radius 1 is 1.18 bits per heavy atom. The van der Waals surface area contributed by atoms with Crippen molar-refractivity contribution in [3.63, 3.8) is 0 Å². The summed E-state index contributed by atoms with van der Waals surface area (Å²) in [5, 5.41) is 8.07. The van der Waals surface area contributed by atoms with Crippen LogP contribution in [0, 0.1) is 0 Å². The van der Waals surface area contributed by atoms with E-state index < -0.39 is 26.5 Å². The van der Waals surface area contributed by atoms with Crippen molar-refractivity contribution in [2.45, 2.75) is 73.8 Å². The van der Waals surface area contributed by atoms with Crippen molar-refractivity contribution < 1.29 is 18.3 Å². The van der Waals surface area contributed by atoms with Gasteiger partial charge in [-0.05, 0) is 0 Å². The van der Waals surface area contributed by atoms with Crippen LogP contribution in [0.5, 0.6) is 0 Å². The first kappa shape index (κ1) is 25.9. The van der Waals surface area contributed by atoms with E-state index in [1.54, 1.807) is 19.1 Å². The van der Waals surface area contributed by atoms with E-state index in [0.29, 0.717) is 36.7 Å². The van der Waals surface area contributed by atoms with Crippen LogP contribution in [0.2, 0.25) is 0 Å². The Morgan fingerprint density at radius 2 is 1.92 bits per heavy atom. The average Bonchev–Trinajstić information content (AvgIpc) is 3.90. The summed E-state index contributed by atoms with van der Waals surface area (Å²) in [4.78, 5) is 23.4. The van der Waals surface area contributed by atoms with Crippen molar-refractivity contribution in [2.75, 3.05) is 38.2 Å². The molecular formula is C26H31F2N7O2SSe. The number of hydrogen-bond acceptors (Lipinski definition) is 8. The van der Waals surface area contributed by atoms with Crippen LogP contribution >= 0.6 is 11.9 Å². The quantitative estimate of drug-likeness (QED) is 0.286. The summed E-state index contributed by atoms with van der Waals surface area (Å²) >= 11 is 0.967. The third-order valence-electron chi connectivity index (χ3n) is 8.30. The molecule has 1 saturated heterocycles. The van der Waals surface area contributed by atoms with Crippen LogP contribution < -0.4 is 9.62 Å². The van der Waals surface area contributed by atoms with Gasteiger partial charge in [-0.25, -0.2) is 0 Å². The summed E-state index contributed by atoms with van der Waals surface area (Å²) in [7, 11) is 1.62. The molecule has 3 aromatic heterocycles. The van der Waals surface area contributed by atoms with Crippen molar-refractivity contribution in [3.05, 3.63) is 22.5 Å². The number of anilines is 1. The molecule has 1 N–H and O–H groups in total. The Bertz CT molecular complexity index is 1430. The molecule has 0 spiro atoms. The van der Waals surface area contributed by atoms with Gasteiger partial charge in [-0.2, -0.15) is 0 Å². The Balaban J connectivity index is 1.26. The van der Waals surface area contributed by atoms with E-state index in [1.807, 2.05) is 4.90 Å². The molecule has 4 aliphatic rings. The van der Waals surface area contributed by atoms with Crippen LogP contribution in [0.3, 0.4) is 0 Å². The molecule has 3 aromatic rings. The van der Waals surface area contributed by atoms with Crippen molar-refractivity contribution >= 4 is 43.7 Å². The van der Waals surface area contributed by atoms with Gasteiger partial charge in [0, 0.05) is 7.11 Å². The van der Waals surface area contributed by atoms with E-state index in [2.05, 4.69) is 43.4 Å². The summed E-state index contributed by atoms with van der Waals surface area (Å²) in [6.45, 7) is 4.83. The van der Waals surface area contributed by atoms with Gasteiger partial charge in [0.15, 0.2) is 0 Å². The molecule has 0 bridgehead atoms. The van der Waals surface area contributed by atoms with E-state index in [9.17, 15) is 13.6 Å². The standard InChI is InChI=1S/C26H31F2N7O2SSe/c1-25(5-6-25)32-38-16-13-17(33-9-11-34(12-10-33)24(36)26(37-2)7-8-26)21-29-18(15-3-4-15)19(35(21)14-16)22-30-31-23(39-22)20(27)28/h13-15,20,32H,3-12H2,1-2H3. The molecule has 1 amide bonds. The summed E-state index contributed by atoms with van der Waals surface area (Å²) in [5.74, 6) is 0.413. The molecule has 4 fully saturated rings. The van der Waals surface area contributed by atoms with Gasteiger partial charge >= 0.3 is 229 Å². The number of hydrogen-bond donors (Lipinski definition) is 1. The van der Waals surface area contributed by atoms with E-state index in [-0.39, 0.29) is 16.0 Å². The van der Waals surface area contributed by atoms with Gasteiger partial charge in [0.2, 0.25) is 0 Å². The van der Waals surface area contributed by atoms with E-state index in [0.717, 1.165) is 66.1 Å². The monoisotopic (exact) mass is 623 g/mol. The minimum absolute atomic E-state index is 0.0939. The van der Waals surface area contributed by atoms with Crippen molar-refractivity contribution in [3.8, 4) is 10.3 Å². The number of carbonyl (C=O) groups excluding carboxylic acids is 1. The number of halogens is 2. The Hall–Kier alpha value is -2.05. The Kier molecular flexibility index (Phi) is 6.31. The number of piperazine rings is 1. The Labute approximate surface area is 235 Å². The second-order valence-electron chi connectivity index (χ2n) is 11.4. The molecule has 7 rings (SSSR count). The van der Waals surface area contributed by atoms with E-state index >= 15 is 0 Å². The number of carbonyl (C=O) groups is 1. The van der Waals surface area contributed by atoms with Gasteiger partial charge in [0.1, 0.15) is 0 Å². The third-order valence-corrected chi connectivity index (χ3v) is 11.3. The van der Waals surface area contributed by atoms with Crippen molar-refractivity contribution in [2.24, 2.45) is 0 Å². The zero-order chi connectivity index (χ0) is 26.9. The number of imidazole rings is 1. The fourth-order valence-corrected chi connectivity index (χ4v) is 7.68. The molecular weight excluding hydrogens is 591 g/mol. The van der Waals surface area contributed by atoms with Gasteiger partial charge in [0.05, 0.1) is 0 Å². The SMILES string of the molecule is COC1(C(=O)N2CCN(c3cc(SNC4(C)CC4)cn4c(-c5nnc(C(F)F)[se]5)c(C5CC5)nc34)CC2)CC1. The zero-order valence-corrected chi connectivity index (χ0v) is 24.5. The normalized spacial score (nSPS) is 21.7. The van der Waals surface area contributed by atoms with Crippen LogP contribution in [-0.2, 0) is 9.53 Å². The Morgan fingerprint density at radius 3 is 2.51 bits per heavy atom. The molecule has 0 radical (unpaired) electrons. The molecule has 9 nitrogen and oxygen atoms in total. The minimum atomic E-state index is -2.59. The molecule has 0 atom stereocenters. The molecule has 13 heteroatoms. The molecule has 0 aromatic carbocycles. The molecule has 4 heterocycles. The fraction of sp³-hybridized carbons (Fsp3) is 0.615. The molecule has 3 aliphatic carbocycles. The second-order valence-corrected chi connectivity index (χ2v) is 14.4. The maximum absolute atomic E-state index is 13.5. The number of alkyl halides is 2. The van der Waals surface area contributed by atoms with Gasteiger partial charge in [-0.3, -0.25) is 0 Å². The summed E-state index contributed by atoms with van der Waals surface area (Å²) < 4.78 is 38.6. The first-order valence-corrected chi connectivity index (χ1v) is 16.0. The number of rotatable bonds is 9. The first-order chi connectivity index (χ1) is 18.8. The van der Waals surface area contributed by atoms with Crippen LogP contribution in [0.15, 0.2) is 17.2 Å². The number of aromatic nitrogens is 4. The zero-order valence-electron chi connectivity index (χ0n) is 22.0. The van der Waals surface area contributed by atoms with Crippen molar-refractivity contribution in [1.82, 2.24) is 29.2 Å². The van der Waals surface area contributed by atoms with Crippen molar-refractivity contribution in [1.29, 1.82) is 0 Å². The van der Waals surface area contributed by atoms with Gasteiger partial charge < -0.3 is 0 Å². The van der Waals surface area contributed by atoms with Crippen LogP contribution in [0.25, 0.3) is 15.9 Å². The van der Waals surface area contributed by atoms with E-state index in [4.69, 9.17) is 9.72 Å². The van der Waals surface area contributed by atoms with Crippen LogP contribution in [-0.4, -0.2) is 89.3 Å². The average molecular weight is 623 g/mol. The number of amides is 1. The molecule has 39 heavy (non-hydrogen) atoms. The molecule has 0 unspecified atom stereocenters. The number of methoxy groups -OCH3 is 1. The second kappa shape index (κ2) is 9.51. The first-order valence-electron chi connectivity index (χ1n) is 13.5. The summed E-state index contributed by atoms with van der Waals surface area (Å²) in [6, 6.07) is 2.17. The van der Waals surface area contributed by atoms with Gasteiger partial charge in [0.25, 0.3) is 0 Å². The van der Waals surface area contributed by atoms with E-state index in [1.165, 1.54) is 0 Å². The number of ether oxygens (including phenoxy) is 1. The van der Waals surface area contributed by atoms with Gasteiger partial charge in [-0.1, -0.05) is 0 Å². The number of nitrogens with one attached hydrogen (secondary N) is 1. The fourth-order valence-electron chi connectivity index (χ4n) is 5.21. The molecule has 3 saturated carbocycles. The number of pyridine rings is 1. The van der Waals surface area contributed by atoms with Gasteiger partial charge in [-0.15, -0.1) is 0 Å². The molecule has 1 aliphatic heterocycles. The maximum atomic E-state index is 13.5. The number of fused-ring (bicyclic) bond motifs is 1. The topological polar surface area (TPSA) is 87.9 Å². The van der Waals surface area contributed by atoms with Crippen LogP contribution in [0.1, 0.15) is 68.1 Å². The predicted octanol–water partition coefficient (Wildman–Crippen LogP) is 3.64. The predicted molar refractivity (Wildman–Crippen MR) is 144 cm³/mol. The van der Waals surface area contributed by atoms with Crippen LogP contribution in [0.4, 0.5) is 14.5 Å². The summed E-state index contributed by atoms with van der Waals surface area (Å²) in [5.41, 5.74) is 3.11. The molecule has 208 valence electrons.